The van der Waals surface area contributed by atoms with Crippen LogP contribution in [0.15, 0.2) is 17.1 Å². The highest BCUT2D eigenvalue weighted by Crippen LogP contribution is 2.42. The minimum absolute atomic E-state index is 0.0719. The lowest BCUT2D eigenvalue weighted by Gasteiger charge is -2.37. The topological polar surface area (TPSA) is 64.0 Å². The molecule has 0 amide bonds. The molecule has 3 heterocycles. The number of carbonyl (C=O) groups is 1. The third-order valence-corrected chi connectivity index (χ3v) is 5.62. The summed E-state index contributed by atoms with van der Waals surface area (Å²) in [6, 6.07) is 1.14. The minimum Gasteiger partial charge on any atom is -0.487 e. The lowest BCUT2D eigenvalue weighted by atomic mass is 10.1. The van der Waals surface area contributed by atoms with Gasteiger partial charge in [0.15, 0.2) is 11.6 Å². The van der Waals surface area contributed by atoms with Crippen LogP contribution in [-0.4, -0.2) is 61.9 Å². The summed E-state index contributed by atoms with van der Waals surface area (Å²) in [5.41, 5.74) is 0.334. The van der Waals surface area contributed by atoms with Crippen molar-refractivity contribution >= 4 is 22.6 Å². The van der Waals surface area contributed by atoms with Crippen molar-refractivity contribution in [1.29, 1.82) is 0 Å². The fourth-order valence-electron chi connectivity index (χ4n) is 3.95. The normalized spacial score (nSPS) is 19.3. The zero-order valence-electron chi connectivity index (χ0n) is 17.0. The number of benzene rings is 1. The first-order chi connectivity index (χ1) is 13.9. The standard InChI is InChI=1S/C21H26FN3O4/c1-4-9-28-21(27)15-11-25-13(2)12-29-20-17(25)14(19(15)26)10-16(22)18(20)24-7-5-23(3)6-8-24/h10-11,13H,4-9,12H2,1-3H3. The number of likely N-dealkylation sites (N-methyl/N-ethyl adjacent to an activating group) is 1. The molecule has 1 aromatic heterocycles. The number of anilines is 1. The third kappa shape index (κ3) is 3.35. The first-order valence-electron chi connectivity index (χ1n) is 10.1. The van der Waals surface area contributed by atoms with Gasteiger partial charge in [0, 0.05) is 32.4 Å². The lowest BCUT2D eigenvalue weighted by molar-refractivity contribution is 0.0502. The van der Waals surface area contributed by atoms with Crippen molar-refractivity contribution in [2.24, 2.45) is 0 Å². The molecule has 2 aromatic rings. The van der Waals surface area contributed by atoms with Gasteiger partial charge in [0.2, 0.25) is 5.43 Å². The quantitative estimate of drug-likeness (QED) is 0.731. The Kier molecular flexibility index (Phi) is 5.21. The van der Waals surface area contributed by atoms with Crippen LogP contribution < -0.4 is 15.1 Å². The summed E-state index contributed by atoms with van der Waals surface area (Å²) in [4.78, 5) is 29.6. The van der Waals surface area contributed by atoms with Crippen molar-refractivity contribution in [3.63, 3.8) is 0 Å². The predicted molar refractivity (Wildman–Crippen MR) is 109 cm³/mol. The van der Waals surface area contributed by atoms with Crippen LogP contribution in [0.5, 0.6) is 5.75 Å². The maximum Gasteiger partial charge on any atom is 0.343 e. The molecular weight excluding hydrogens is 377 g/mol. The number of carbonyl (C=O) groups excluding carboxylic acids is 1. The summed E-state index contributed by atoms with van der Waals surface area (Å²) < 4.78 is 28.2. The van der Waals surface area contributed by atoms with Crippen molar-refractivity contribution in [3.8, 4) is 5.75 Å². The van der Waals surface area contributed by atoms with Gasteiger partial charge in [-0.1, -0.05) is 6.92 Å². The van der Waals surface area contributed by atoms with Crippen LogP contribution in [0.4, 0.5) is 10.1 Å². The Balaban J connectivity index is 1.91. The SMILES string of the molecule is CCCOC(=O)c1cn2c3c(c(N4CCN(C)CC4)c(F)cc3c1=O)OCC2C. The average Bonchev–Trinajstić information content (AvgIpc) is 2.71. The molecule has 0 N–H and O–H groups in total. The summed E-state index contributed by atoms with van der Waals surface area (Å²) in [6.07, 6.45) is 2.19. The molecule has 0 saturated carbocycles. The van der Waals surface area contributed by atoms with E-state index in [9.17, 15) is 9.59 Å². The van der Waals surface area contributed by atoms with E-state index in [0.717, 1.165) is 13.1 Å². The number of aromatic nitrogens is 1. The van der Waals surface area contributed by atoms with Gasteiger partial charge >= 0.3 is 5.97 Å². The Bertz CT molecular complexity index is 1010. The molecule has 2 aliphatic rings. The molecule has 0 bridgehead atoms. The molecule has 156 valence electrons. The summed E-state index contributed by atoms with van der Waals surface area (Å²) >= 11 is 0. The highest BCUT2D eigenvalue weighted by molar-refractivity contribution is 5.98. The molecule has 4 rings (SSSR count). The number of nitrogens with zero attached hydrogens (tertiary/aromatic N) is 3. The van der Waals surface area contributed by atoms with Gasteiger partial charge in [0.1, 0.15) is 17.9 Å². The minimum atomic E-state index is -0.675. The summed E-state index contributed by atoms with van der Waals surface area (Å²) in [5.74, 6) is -0.797. The molecule has 0 radical (unpaired) electrons. The monoisotopic (exact) mass is 403 g/mol. The van der Waals surface area contributed by atoms with E-state index in [1.54, 1.807) is 0 Å². The van der Waals surface area contributed by atoms with Crippen LogP contribution >= 0.6 is 0 Å². The van der Waals surface area contributed by atoms with E-state index in [1.807, 2.05) is 30.4 Å². The van der Waals surface area contributed by atoms with E-state index < -0.39 is 17.2 Å². The van der Waals surface area contributed by atoms with Gasteiger partial charge in [0.05, 0.1) is 23.6 Å². The molecule has 0 spiro atoms. The predicted octanol–water partition coefficient (Wildman–Crippen LogP) is 2.41. The molecule has 7 nitrogen and oxygen atoms in total. The van der Waals surface area contributed by atoms with Crippen LogP contribution in [0.25, 0.3) is 10.9 Å². The molecule has 1 fully saturated rings. The van der Waals surface area contributed by atoms with Crippen LogP contribution in [0.2, 0.25) is 0 Å². The number of esters is 1. The Morgan fingerprint density at radius 3 is 2.72 bits per heavy atom. The highest BCUT2D eigenvalue weighted by atomic mass is 19.1. The van der Waals surface area contributed by atoms with Gasteiger partial charge in [-0.3, -0.25) is 4.79 Å². The van der Waals surface area contributed by atoms with E-state index >= 15 is 4.39 Å². The van der Waals surface area contributed by atoms with Gasteiger partial charge in [0.25, 0.3) is 0 Å². The number of hydrogen-bond acceptors (Lipinski definition) is 6. The lowest BCUT2D eigenvalue weighted by Crippen LogP contribution is -2.45. The summed E-state index contributed by atoms with van der Waals surface area (Å²) in [5, 5.41) is 0.146. The van der Waals surface area contributed by atoms with Gasteiger partial charge in [-0.15, -0.1) is 0 Å². The van der Waals surface area contributed by atoms with E-state index in [0.29, 0.717) is 43.1 Å². The first kappa shape index (κ1) is 19.7. The van der Waals surface area contributed by atoms with E-state index in [1.165, 1.54) is 12.3 Å². The van der Waals surface area contributed by atoms with Crippen molar-refractivity contribution < 1.29 is 18.7 Å². The number of ether oxygens (including phenoxy) is 2. The Hall–Kier alpha value is -2.61. The molecular formula is C21H26FN3O4. The van der Waals surface area contributed by atoms with Crippen molar-refractivity contribution in [2.75, 3.05) is 51.3 Å². The van der Waals surface area contributed by atoms with Gasteiger partial charge < -0.3 is 23.8 Å². The van der Waals surface area contributed by atoms with Gasteiger partial charge in [-0.2, -0.15) is 0 Å². The molecule has 29 heavy (non-hydrogen) atoms. The second-order valence-corrected chi connectivity index (χ2v) is 7.80. The second-order valence-electron chi connectivity index (χ2n) is 7.80. The zero-order valence-corrected chi connectivity index (χ0v) is 17.0. The zero-order chi connectivity index (χ0) is 20.7. The van der Waals surface area contributed by atoms with Crippen molar-refractivity contribution in [1.82, 2.24) is 9.47 Å². The maximum absolute atomic E-state index is 15.2. The van der Waals surface area contributed by atoms with Gasteiger partial charge in [-0.05, 0) is 26.5 Å². The summed E-state index contributed by atoms with van der Waals surface area (Å²) in [6.45, 7) is 7.38. The number of pyridine rings is 1. The third-order valence-electron chi connectivity index (χ3n) is 5.62. The van der Waals surface area contributed by atoms with E-state index in [2.05, 4.69) is 4.90 Å². The maximum atomic E-state index is 15.2. The fourth-order valence-corrected chi connectivity index (χ4v) is 3.95. The molecule has 8 heteroatoms. The smallest absolute Gasteiger partial charge is 0.343 e. The largest absolute Gasteiger partial charge is 0.487 e. The highest BCUT2D eigenvalue weighted by Gasteiger charge is 2.31. The van der Waals surface area contributed by atoms with Crippen LogP contribution in [-0.2, 0) is 4.74 Å². The average molecular weight is 403 g/mol. The molecule has 1 saturated heterocycles. The molecule has 0 aliphatic carbocycles. The number of rotatable bonds is 4. The van der Waals surface area contributed by atoms with E-state index in [-0.39, 0.29) is 23.6 Å². The number of hydrogen-bond donors (Lipinski definition) is 0. The molecule has 1 aromatic carbocycles. The summed E-state index contributed by atoms with van der Waals surface area (Å²) in [7, 11) is 2.03. The Morgan fingerprint density at radius 2 is 2.03 bits per heavy atom. The Labute approximate surface area is 168 Å². The molecule has 2 aliphatic heterocycles. The first-order valence-corrected chi connectivity index (χ1v) is 10.1. The fraction of sp³-hybridized carbons (Fsp3) is 0.524. The van der Waals surface area contributed by atoms with Crippen molar-refractivity contribution in [3.05, 3.63) is 33.9 Å². The van der Waals surface area contributed by atoms with E-state index in [4.69, 9.17) is 9.47 Å². The van der Waals surface area contributed by atoms with Crippen molar-refractivity contribution in [2.45, 2.75) is 26.3 Å². The Morgan fingerprint density at radius 1 is 1.31 bits per heavy atom. The van der Waals surface area contributed by atoms with Crippen LogP contribution in [0, 0.1) is 5.82 Å². The second kappa shape index (κ2) is 7.67. The van der Waals surface area contributed by atoms with Crippen LogP contribution in [0.1, 0.15) is 36.7 Å². The van der Waals surface area contributed by atoms with Gasteiger partial charge in [-0.25, -0.2) is 9.18 Å². The number of piperazine rings is 1. The molecule has 1 atom stereocenters. The number of halogens is 1. The van der Waals surface area contributed by atoms with Crippen LogP contribution in [0.3, 0.4) is 0 Å². The molecule has 1 unspecified atom stereocenters.